The Morgan fingerprint density at radius 2 is 2.10 bits per heavy atom. The normalized spacial score (nSPS) is 16.5. The Kier molecular flexibility index (Phi) is 3.98. The van der Waals surface area contributed by atoms with Crippen LogP contribution in [0.1, 0.15) is 24.6 Å². The molecule has 0 atom stereocenters. The molecule has 1 aliphatic heterocycles. The molecule has 20 heavy (non-hydrogen) atoms. The molecule has 0 amide bonds. The van der Waals surface area contributed by atoms with E-state index in [1.165, 1.54) is 24.0 Å². The van der Waals surface area contributed by atoms with E-state index in [0.29, 0.717) is 5.92 Å². The maximum atomic E-state index is 12.8. The molecule has 0 saturated carbocycles. The Morgan fingerprint density at radius 1 is 1.30 bits per heavy atom. The molecule has 7 heteroatoms. The summed E-state index contributed by atoms with van der Waals surface area (Å²) >= 11 is 1.40. The van der Waals surface area contributed by atoms with Gasteiger partial charge in [-0.05, 0) is 49.8 Å². The summed E-state index contributed by atoms with van der Waals surface area (Å²) in [5.41, 5.74) is 0. The van der Waals surface area contributed by atoms with Gasteiger partial charge in [0.05, 0.1) is 6.20 Å². The van der Waals surface area contributed by atoms with Gasteiger partial charge in [0.25, 0.3) is 0 Å². The maximum absolute atomic E-state index is 12.8. The Morgan fingerprint density at radius 3 is 2.80 bits per heavy atom. The van der Waals surface area contributed by atoms with Gasteiger partial charge in [0.2, 0.25) is 0 Å². The summed E-state index contributed by atoms with van der Waals surface area (Å²) in [6, 6.07) is 3.05. The predicted octanol–water partition coefficient (Wildman–Crippen LogP) is 1.97. The molecule has 3 heterocycles. The van der Waals surface area contributed by atoms with Crippen LogP contribution in [-0.2, 0) is 7.05 Å². The molecule has 3 rings (SSSR count). The molecule has 1 aliphatic rings. The third-order valence-corrected chi connectivity index (χ3v) is 4.46. The quantitative estimate of drug-likeness (QED) is 0.937. The average Bonchev–Trinajstić information content (AvgIpc) is 2.84. The first kappa shape index (κ1) is 13.5. The topological polar surface area (TPSA) is 55.6 Å². The molecule has 0 spiro atoms. The highest BCUT2D eigenvalue weighted by Crippen LogP contribution is 2.29. The van der Waals surface area contributed by atoms with E-state index in [-0.39, 0.29) is 5.82 Å². The van der Waals surface area contributed by atoms with Gasteiger partial charge in [-0.2, -0.15) is 0 Å². The van der Waals surface area contributed by atoms with Gasteiger partial charge in [-0.25, -0.2) is 9.37 Å². The minimum Gasteiger partial charge on any atom is -0.317 e. The lowest BCUT2D eigenvalue weighted by atomic mass is 9.97. The van der Waals surface area contributed by atoms with Crippen LogP contribution in [-0.4, -0.2) is 32.8 Å². The van der Waals surface area contributed by atoms with E-state index in [0.717, 1.165) is 41.9 Å². The molecule has 0 unspecified atom stereocenters. The van der Waals surface area contributed by atoms with Crippen LogP contribution in [0.4, 0.5) is 4.39 Å². The summed E-state index contributed by atoms with van der Waals surface area (Å²) in [6.45, 7) is 2.05. The van der Waals surface area contributed by atoms with Gasteiger partial charge in [-0.3, -0.25) is 0 Å². The number of pyridine rings is 1. The van der Waals surface area contributed by atoms with Crippen LogP contribution in [0.2, 0.25) is 0 Å². The number of piperidine rings is 1. The van der Waals surface area contributed by atoms with E-state index < -0.39 is 0 Å². The van der Waals surface area contributed by atoms with Gasteiger partial charge in [-0.1, -0.05) is 0 Å². The zero-order valence-corrected chi connectivity index (χ0v) is 12.0. The van der Waals surface area contributed by atoms with Crippen LogP contribution in [0.3, 0.4) is 0 Å². The van der Waals surface area contributed by atoms with Crippen molar-refractivity contribution in [2.45, 2.75) is 28.9 Å². The van der Waals surface area contributed by atoms with E-state index in [9.17, 15) is 4.39 Å². The third-order valence-electron chi connectivity index (χ3n) is 3.47. The second-order valence-electron chi connectivity index (χ2n) is 4.84. The van der Waals surface area contributed by atoms with Crippen molar-refractivity contribution in [1.82, 2.24) is 25.1 Å². The van der Waals surface area contributed by atoms with Gasteiger partial charge >= 0.3 is 0 Å². The van der Waals surface area contributed by atoms with Crippen molar-refractivity contribution in [2.24, 2.45) is 7.05 Å². The van der Waals surface area contributed by atoms with Crippen molar-refractivity contribution in [3.8, 4) is 0 Å². The number of nitrogens with one attached hydrogen (secondary N) is 1. The number of aromatic nitrogens is 4. The Bertz CT molecular complexity index is 577. The van der Waals surface area contributed by atoms with E-state index >= 15 is 0 Å². The van der Waals surface area contributed by atoms with Crippen molar-refractivity contribution in [3.05, 3.63) is 30.0 Å². The van der Waals surface area contributed by atoms with Crippen molar-refractivity contribution in [1.29, 1.82) is 0 Å². The summed E-state index contributed by atoms with van der Waals surface area (Å²) in [5.74, 6) is 1.16. The lowest BCUT2D eigenvalue weighted by molar-refractivity contribution is 0.434. The molecule has 106 valence electrons. The Balaban J connectivity index is 1.77. The second kappa shape index (κ2) is 5.88. The van der Waals surface area contributed by atoms with Crippen molar-refractivity contribution in [2.75, 3.05) is 13.1 Å². The Hall–Kier alpha value is -1.47. The number of halogens is 1. The SMILES string of the molecule is Cn1c(Sc2ccc(F)cn2)nnc1C1CCNCC1. The molecule has 5 nitrogen and oxygen atoms in total. The molecule has 2 aromatic heterocycles. The standard InChI is InChI=1S/C13H16FN5S/c1-19-12(9-4-6-15-7-5-9)17-18-13(19)20-11-3-2-10(14)8-16-11/h2-3,8-9,15H,4-7H2,1H3. The molecule has 2 aromatic rings. The number of rotatable bonds is 3. The first-order valence-electron chi connectivity index (χ1n) is 6.63. The first-order valence-corrected chi connectivity index (χ1v) is 7.45. The average molecular weight is 293 g/mol. The molecule has 0 aliphatic carbocycles. The molecule has 0 bridgehead atoms. The molecule has 1 saturated heterocycles. The predicted molar refractivity (Wildman–Crippen MR) is 74.2 cm³/mol. The van der Waals surface area contributed by atoms with E-state index in [1.807, 2.05) is 11.6 Å². The third kappa shape index (κ3) is 2.83. The van der Waals surface area contributed by atoms with E-state index in [1.54, 1.807) is 6.07 Å². The van der Waals surface area contributed by atoms with Crippen molar-refractivity contribution < 1.29 is 4.39 Å². The van der Waals surface area contributed by atoms with Crippen LogP contribution in [0.15, 0.2) is 28.5 Å². The molecule has 0 radical (unpaired) electrons. The Labute approximate surface area is 121 Å². The van der Waals surface area contributed by atoms with Gasteiger partial charge in [0.1, 0.15) is 16.7 Å². The molecular formula is C13H16FN5S. The first-order chi connectivity index (χ1) is 9.74. The highest BCUT2D eigenvalue weighted by atomic mass is 32.2. The van der Waals surface area contributed by atoms with E-state index in [4.69, 9.17) is 0 Å². The van der Waals surface area contributed by atoms with Crippen molar-refractivity contribution >= 4 is 11.8 Å². The number of nitrogens with zero attached hydrogens (tertiary/aromatic N) is 4. The fraction of sp³-hybridized carbons (Fsp3) is 0.462. The van der Waals surface area contributed by atoms with Crippen LogP contribution in [0.5, 0.6) is 0 Å². The largest absolute Gasteiger partial charge is 0.317 e. The smallest absolute Gasteiger partial charge is 0.197 e. The zero-order chi connectivity index (χ0) is 13.9. The monoisotopic (exact) mass is 293 g/mol. The lowest BCUT2D eigenvalue weighted by Gasteiger charge is -2.21. The highest BCUT2D eigenvalue weighted by molar-refractivity contribution is 7.99. The van der Waals surface area contributed by atoms with Gasteiger partial charge in [0, 0.05) is 13.0 Å². The minimum absolute atomic E-state index is 0.331. The number of hydrogen-bond donors (Lipinski definition) is 1. The summed E-state index contributed by atoms with van der Waals surface area (Å²) in [5, 5.41) is 13.4. The van der Waals surface area contributed by atoms with Crippen LogP contribution < -0.4 is 5.32 Å². The summed E-state index contributed by atoms with van der Waals surface area (Å²) in [6.07, 6.45) is 3.39. The molecule has 1 N–H and O–H groups in total. The van der Waals surface area contributed by atoms with Crippen molar-refractivity contribution in [3.63, 3.8) is 0 Å². The van der Waals surface area contributed by atoms with Gasteiger partial charge in [0.15, 0.2) is 5.16 Å². The molecule has 1 fully saturated rings. The summed E-state index contributed by atoms with van der Waals surface area (Å²) < 4.78 is 14.9. The fourth-order valence-electron chi connectivity index (χ4n) is 2.37. The fourth-order valence-corrected chi connectivity index (χ4v) is 3.11. The summed E-state index contributed by atoms with van der Waals surface area (Å²) in [7, 11) is 1.98. The van der Waals surface area contributed by atoms with Gasteiger partial charge in [-0.15, -0.1) is 10.2 Å². The molecule has 0 aromatic carbocycles. The summed E-state index contributed by atoms with van der Waals surface area (Å²) in [4.78, 5) is 4.03. The lowest BCUT2D eigenvalue weighted by Crippen LogP contribution is -2.27. The maximum Gasteiger partial charge on any atom is 0.197 e. The number of hydrogen-bond acceptors (Lipinski definition) is 5. The van der Waals surface area contributed by atoms with Crippen LogP contribution in [0.25, 0.3) is 0 Å². The van der Waals surface area contributed by atoms with Gasteiger partial charge < -0.3 is 9.88 Å². The zero-order valence-electron chi connectivity index (χ0n) is 11.2. The van der Waals surface area contributed by atoms with Crippen LogP contribution in [0, 0.1) is 5.82 Å². The molecular weight excluding hydrogens is 277 g/mol. The minimum atomic E-state index is -0.331. The van der Waals surface area contributed by atoms with Crippen LogP contribution >= 0.6 is 11.8 Å². The van der Waals surface area contributed by atoms with E-state index in [2.05, 4.69) is 20.5 Å². The highest BCUT2D eigenvalue weighted by Gasteiger charge is 2.21. The second-order valence-corrected chi connectivity index (χ2v) is 5.83.